The van der Waals surface area contributed by atoms with Crippen molar-refractivity contribution in [3.05, 3.63) is 89.7 Å². The van der Waals surface area contributed by atoms with Gasteiger partial charge in [0.2, 0.25) is 15.9 Å². The van der Waals surface area contributed by atoms with Gasteiger partial charge in [-0.25, -0.2) is 8.42 Å². The highest BCUT2D eigenvalue weighted by Gasteiger charge is 2.25. The van der Waals surface area contributed by atoms with Gasteiger partial charge in [0.15, 0.2) is 11.0 Å². The molecule has 0 unspecified atom stereocenters. The fourth-order valence-corrected chi connectivity index (χ4v) is 7.68. The zero-order valence-electron chi connectivity index (χ0n) is 26.2. The van der Waals surface area contributed by atoms with E-state index in [0.717, 1.165) is 24.2 Å². The number of rotatable bonds is 13. The first-order valence-electron chi connectivity index (χ1n) is 15.3. The maximum absolute atomic E-state index is 13.4. The number of nitrogens with one attached hydrogen (secondary N) is 1. The van der Waals surface area contributed by atoms with Gasteiger partial charge in [-0.15, -0.1) is 10.2 Å². The molecule has 2 heterocycles. The number of amides is 2. The van der Waals surface area contributed by atoms with Gasteiger partial charge in [0, 0.05) is 36.6 Å². The first kappa shape index (κ1) is 33.2. The molecule has 0 fully saturated rings. The average Bonchev–Trinajstić information content (AvgIpc) is 3.49. The summed E-state index contributed by atoms with van der Waals surface area (Å²) < 4.78 is 34.5. The molecule has 242 valence electrons. The van der Waals surface area contributed by atoms with Gasteiger partial charge in [0.25, 0.3) is 5.91 Å². The van der Waals surface area contributed by atoms with Crippen molar-refractivity contribution in [1.82, 2.24) is 24.4 Å². The third kappa shape index (κ3) is 7.27. The van der Waals surface area contributed by atoms with Gasteiger partial charge in [-0.3, -0.25) is 14.2 Å². The quantitative estimate of drug-likeness (QED) is 0.204. The molecule has 0 saturated carbocycles. The summed E-state index contributed by atoms with van der Waals surface area (Å²) in [6.07, 6.45) is 1.86. The molecular weight excluding hydrogens is 625 g/mol. The standard InChI is InChI=1S/C33H38N6O5S2/c1-4-37(5-2)46(42,43)28-19-13-25(14-20-28)32(41)34-22-30-35-36-33(39(30)26-15-17-27(18-16-26)44-6-3)45-23-31(40)38-21-9-11-24-10-7-8-12-29(24)38/h7-8,10,12-20H,4-6,9,11,21-23H2,1-3H3,(H,34,41). The molecule has 0 bridgehead atoms. The Bertz CT molecular complexity index is 1770. The number of thioether (sulfide) groups is 1. The highest BCUT2D eigenvalue weighted by molar-refractivity contribution is 7.99. The molecule has 0 radical (unpaired) electrons. The smallest absolute Gasteiger partial charge is 0.251 e. The second kappa shape index (κ2) is 14.9. The molecule has 0 spiro atoms. The number of fused-ring (bicyclic) bond motifs is 1. The lowest BCUT2D eigenvalue weighted by atomic mass is 10.0. The summed E-state index contributed by atoms with van der Waals surface area (Å²) in [7, 11) is -3.63. The lowest BCUT2D eigenvalue weighted by Gasteiger charge is -2.29. The molecule has 4 aromatic rings. The monoisotopic (exact) mass is 662 g/mol. The summed E-state index contributed by atoms with van der Waals surface area (Å²) in [5, 5.41) is 12.1. The molecular formula is C33H38N6O5S2. The Morgan fingerprint density at radius 3 is 2.37 bits per heavy atom. The minimum absolute atomic E-state index is 0.0142. The third-order valence-corrected chi connectivity index (χ3v) is 10.7. The Hall–Kier alpha value is -4.20. The van der Waals surface area contributed by atoms with Crippen molar-refractivity contribution in [2.75, 3.05) is 36.9 Å². The Labute approximate surface area is 274 Å². The van der Waals surface area contributed by atoms with Gasteiger partial charge in [0.05, 0.1) is 23.8 Å². The van der Waals surface area contributed by atoms with Gasteiger partial charge in [-0.05, 0) is 79.9 Å². The second-order valence-corrected chi connectivity index (χ2v) is 13.4. The first-order valence-corrected chi connectivity index (χ1v) is 17.8. The van der Waals surface area contributed by atoms with Crippen LogP contribution in [-0.4, -0.2) is 71.3 Å². The molecule has 2 amide bonds. The van der Waals surface area contributed by atoms with Gasteiger partial charge >= 0.3 is 0 Å². The maximum Gasteiger partial charge on any atom is 0.251 e. The summed E-state index contributed by atoms with van der Waals surface area (Å²) in [4.78, 5) is 28.4. The predicted octanol–water partition coefficient (Wildman–Crippen LogP) is 4.70. The lowest BCUT2D eigenvalue weighted by Crippen LogP contribution is -2.36. The predicted molar refractivity (Wildman–Crippen MR) is 178 cm³/mol. The minimum Gasteiger partial charge on any atom is -0.494 e. The number of ether oxygens (including phenoxy) is 1. The van der Waals surface area contributed by atoms with E-state index < -0.39 is 10.0 Å². The van der Waals surface area contributed by atoms with Crippen LogP contribution in [0.1, 0.15) is 48.9 Å². The summed E-state index contributed by atoms with van der Waals surface area (Å²) in [5.41, 5.74) is 3.19. The van der Waals surface area contributed by atoms with E-state index in [-0.39, 0.29) is 29.0 Å². The van der Waals surface area contributed by atoms with Crippen LogP contribution < -0.4 is 15.0 Å². The van der Waals surface area contributed by atoms with Crippen molar-refractivity contribution in [3.8, 4) is 11.4 Å². The van der Waals surface area contributed by atoms with Crippen LogP contribution in [0.25, 0.3) is 5.69 Å². The van der Waals surface area contributed by atoms with Crippen molar-refractivity contribution in [3.63, 3.8) is 0 Å². The number of hydrogen-bond acceptors (Lipinski definition) is 8. The number of carbonyl (C=O) groups is 2. The SMILES string of the molecule is CCOc1ccc(-n2c(CNC(=O)c3ccc(S(=O)(=O)N(CC)CC)cc3)nnc2SCC(=O)N2CCCc3ccccc32)cc1. The van der Waals surface area contributed by atoms with Crippen LogP contribution in [0.15, 0.2) is 82.8 Å². The number of aryl methyl sites for hydroxylation is 1. The van der Waals surface area contributed by atoms with Crippen LogP contribution >= 0.6 is 11.8 Å². The maximum atomic E-state index is 13.4. The molecule has 1 N–H and O–H groups in total. The summed E-state index contributed by atoms with van der Waals surface area (Å²) in [6.45, 7) is 7.45. The van der Waals surface area contributed by atoms with Gasteiger partial charge in [-0.2, -0.15) is 4.31 Å². The number of sulfonamides is 1. The average molecular weight is 663 g/mol. The van der Waals surface area contributed by atoms with E-state index in [1.165, 1.54) is 45.9 Å². The van der Waals surface area contributed by atoms with Gasteiger partial charge < -0.3 is 15.0 Å². The van der Waals surface area contributed by atoms with E-state index in [9.17, 15) is 18.0 Å². The number of anilines is 1. The third-order valence-electron chi connectivity index (χ3n) is 7.71. The molecule has 11 nitrogen and oxygen atoms in total. The molecule has 46 heavy (non-hydrogen) atoms. The molecule has 1 aromatic heterocycles. The number of aromatic nitrogens is 3. The van der Waals surface area contributed by atoms with Gasteiger partial charge in [-0.1, -0.05) is 43.8 Å². The number of nitrogens with zero attached hydrogens (tertiary/aromatic N) is 5. The van der Waals surface area contributed by atoms with E-state index in [2.05, 4.69) is 21.6 Å². The van der Waals surface area contributed by atoms with Crippen LogP contribution in [0, 0.1) is 0 Å². The van der Waals surface area contributed by atoms with Crippen molar-refractivity contribution < 1.29 is 22.7 Å². The normalized spacial score (nSPS) is 13.0. The largest absolute Gasteiger partial charge is 0.494 e. The Balaban J connectivity index is 1.33. The fraction of sp³-hybridized carbons (Fsp3) is 0.333. The topological polar surface area (TPSA) is 127 Å². The van der Waals surface area contributed by atoms with E-state index in [1.807, 2.05) is 58.9 Å². The molecule has 0 atom stereocenters. The summed E-state index contributed by atoms with van der Waals surface area (Å²) in [5.74, 6) is 0.949. The van der Waals surface area contributed by atoms with E-state index in [1.54, 1.807) is 13.8 Å². The number of carbonyl (C=O) groups excluding carboxylic acids is 2. The Kier molecular flexibility index (Phi) is 10.8. The highest BCUT2D eigenvalue weighted by atomic mass is 32.2. The molecule has 1 aliphatic rings. The lowest BCUT2D eigenvalue weighted by molar-refractivity contribution is -0.116. The van der Waals surface area contributed by atoms with Crippen LogP contribution in [0.2, 0.25) is 0 Å². The van der Waals surface area contributed by atoms with E-state index >= 15 is 0 Å². The minimum atomic E-state index is -3.63. The zero-order valence-corrected chi connectivity index (χ0v) is 27.8. The fourth-order valence-electron chi connectivity index (χ4n) is 5.37. The Morgan fingerprint density at radius 1 is 0.957 bits per heavy atom. The summed E-state index contributed by atoms with van der Waals surface area (Å²) in [6, 6.07) is 21.3. The molecule has 13 heteroatoms. The second-order valence-electron chi connectivity index (χ2n) is 10.5. The molecule has 1 aliphatic heterocycles. The zero-order chi connectivity index (χ0) is 32.7. The number of para-hydroxylation sites is 1. The molecule has 0 aliphatic carbocycles. The van der Waals surface area contributed by atoms with Crippen LogP contribution in [0.3, 0.4) is 0 Å². The van der Waals surface area contributed by atoms with E-state index in [0.29, 0.717) is 48.5 Å². The van der Waals surface area contributed by atoms with Crippen molar-refractivity contribution in [1.29, 1.82) is 0 Å². The highest BCUT2D eigenvalue weighted by Crippen LogP contribution is 2.29. The van der Waals surface area contributed by atoms with Crippen molar-refractivity contribution in [2.45, 2.75) is 50.2 Å². The Morgan fingerprint density at radius 2 is 1.67 bits per heavy atom. The van der Waals surface area contributed by atoms with Crippen LogP contribution in [0.5, 0.6) is 5.75 Å². The number of benzene rings is 3. The van der Waals surface area contributed by atoms with E-state index in [4.69, 9.17) is 4.74 Å². The summed E-state index contributed by atoms with van der Waals surface area (Å²) >= 11 is 1.29. The van der Waals surface area contributed by atoms with Crippen LogP contribution in [-0.2, 0) is 27.8 Å². The molecule has 5 rings (SSSR count). The van der Waals surface area contributed by atoms with Gasteiger partial charge in [0.1, 0.15) is 5.75 Å². The molecule has 3 aromatic carbocycles. The van der Waals surface area contributed by atoms with Crippen molar-refractivity contribution in [2.24, 2.45) is 0 Å². The number of hydrogen-bond donors (Lipinski definition) is 1. The first-order chi connectivity index (χ1) is 22.3. The molecule has 0 saturated heterocycles. The van der Waals surface area contributed by atoms with Crippen LogP contribution in [0.4, 0.5) is 5.69 Å². The van der Waals surface area contributed by atoms with Crippen molar-refractivity contribution >= 4 is 39.3 Å².